The number of ether oxygens (including phenoxy) is 1. The molecule has 0 bridgehead atoms. The Morgan fingerprint density at radius 3 is 2.74 bits per heavy atom. The summed E-state index contributed by atoms with van der Waals surface area (Å²) in [4.78, 5) is 18.1. The number of thiazole rings is 1. The number of amides is 1. The number of benzene rings is 2. The van der Waals surface area contributed by atoms with E-state index in [1.54, 1.807) is 7.11 Å². The minimum Gasteiger partial charge on any atom is -0.496 e. The lowest BCUT2D eigenvalue weighted by atomic mass is 10.1. The van der Waals surface area contributed by atoms with Gasteiger partial charge in [-0.1, -0.05) is 28.7 Å². The van der Waals surface area contributed by atoms with E-state index in [0.29, 0.717) is 16.4 Å². The Bertz CT molecular complexity index is 1260. The minimum absolute atomic E-state index is 0.192. The molecule has 0 saturated carbocycles. The van der Waals surface area contributed by atoms with Crippen LogP contribution in [0.1, 0.15) is 23.7 Å². The number of hydrogen-bond donors (Lipinski definition) is 1. The van der Waals surface area contributed by atoms with Crippen LogP contribution in [0.5, 0.6) is 5.75 Å². The largest absolute Gasteiger partial charge is 0.496 e. The van der Waals surface area contributed by atoms with Gasteiger partial charge in [-0.2, -0.15) is 0 Å². The van der Waals surface area contributed by atoms with Gasteiger partial charge in [0.15, 0.2) is 0 Å². The first-order valence-electron chi connectivity index (χ1n) is 9.86. The van der Waals surface area contributed by atoms with Crippen LogP contribution in [0.3, 0.4) is 0 Å². The highest BCUT2D eigenvalue weighted by atomic mass is 32.1. The van der Waals surface area contributed by atoms with E-state index in [2.05, 4.69) is 15.3 Å². The van der Waals surface area contributed by atoms with Crippen LogP contribution in [0.15, 0.2) is 36.4 Å². The van der Waals surface area contributed by atoms with Crippen molar-refractivity contribution in [3.8, 4) is 16.3 Å². The molecule has 0 spiro atoms. The van der Waals surface area contributed by atoms with Crippen molar-refractivity contribution in [2.24, 2.45) is 0 Å². The van der Waals surface area contributed by atoms with Crippen molar-refractivity contribution in [1.82, 2.24) is 20.0 Å². The van der Waals surface area contributed by atoms with Gasteiger partial charge in [-0.3, -0.25) is 4.90 Å². The van der Waals surface area contributed by atoms with E-state index < -0.39 is 6.09 Å². The average Bonchev–Trinajstić information content (AvgIpc) is 3.34. The fourth-order valence-corrected chi connectivity index (χ4v) is 4.58. The molecule has 0 aliphatic rings. The van der Waals surface area contributed by atoms with Crippen LogP contribution >= 0.6 is 11.3 Å². The molecule has 0 unspecified atom stereocenters. The highest BCUT2D eigenvalue weighted by molar-refractivity contribution is 7.19. The Morgan fingerprint density at radius 1 is 1.23 bits per heavy atom. The van der Waals surface area contributed by atoms with E-state index in [0.717, 1.165) is 39.3 Å². The second-order valence-electron chi connectivity index (χ2n) is 7.21. The summed E-state index contributed by atoms with van der Waals surface area (Å²) in [5.74, 6) is 0.714. The van der Waals surface area contributed by atoms with Gasteiger partial charge in [0, 0.05) is 6.54 Å². The highest BCUT2D eigenvalue weighted by Crippen LogP contribution is 2.39. The maximum absolute atomic E-state index is 12.1. The molecular formula is C22H23N5O3S. The second-order valence-corrected chi connectivity index (χ2v) is 8.19. The molecule has 2 aromatic carbocycles. The van der Waals surface area contributed by atoms with E-state index in [-0.39, 0.29) is 6.54 Å². The van der Waals surface area contributed by atoms with Gasteiger partial charge in [0.2, 0.25) is 0 Å². The van der Waals surface area contributed by atoms with Gasteiger partial charge >= 0.3 is 6.09 Å². The van der Waals surface area contributed by atoms with Gasteiger partial charge < -0.3 is 9.84 Å². The highest BCUT2D eigenvalue weighted by Gasteiger charge is 2.23. The van der Waals surface area contributed by atoms with Crippen molar-refractivity contribution in [3.63, 3.8) is 0 Å². The average molecular weight is 438 g/mol. The van der Waals surface area contributed by atoms with Crippen molar-refractivity contribution >= 4 is 33.5 Å². The third kappa shape index (κ3) is 3.96. The summed E-state index contributed by atoms with van der Waals surface area (Å²) in [6.07, 6.45) is -1.04. The molecule has 0 radical (unpaired) electrons. The standard InChI is InChI=1S/C22H23N5O3S/c1-5-27-18-9-7-15(11-17(18)24-25-27)12-26(22(28)29)21-14(3)23-20(31-21)16-8-6-13(2)10-19(16)30-4/h6-11H,5,12H2,1-4H3,(H,28,29). The molecule has 31 heavy (non-hydrogen) atoms. The lowest BCUT2D eigenvalue weighted by molar-refractivity contribution is 0.201. The molecule has 1 N–H and O–H groups in total. The summed E-state index contributed by atoms with van der Waals surface area (Å²) in [7, 11) is 1.62. The van der Waals surface area contributed by atoms with Crippen LogP contribution in [-0.2, 0) is 13.1 Å². The molecule has 0 aliphatic carbocycles. The first kappa shape index (κ1) is 20.8. The molecule has 2 heterocycles. The fourth-order valence-electron chi connectivity index (χ4n) is 3.49. The molecule has 8 nitrogen and oxygen atoms in total. The Hall–Kier alpha value is -3.46. The molecule has 4 rings (SSSR count). The Labute approximate surface area is 183 Å². The van der Waals surface area contributed by atoms with Crippen LogP contribution in [0, 0.1) is 13.8 Å². The number of methoxy groups -OCH3 is 1. The molecule has 4 aromatic rings. The number of anilines is 1. The molecule has 9 heteroatoms. The maximum atomic E-state index is 12.1. The zero-order chi connectivity index (χ0) is 22.1. The van der Waals surface area contributed by atoms with Crippen LogP contribution in [-0.4, -0.2) is 38.3 Å². The topological polar surface area (TPSA) is 93.4 Å². The Balaban J connectivity index is 1.69. The Morgan fingerprint density at radius 2 is 2.03 bits per heavy atom. The molecule has 0 atom stereocenters. The minimum atomic E-state index is -1.04. The molecular weight excluding hydrogens is 414 g/mol. The van der Waals surface area contributed by atoms with Gasteiger partial charge in [-0.15, -0.1) is 5.10 Å². The third-order valence-electron chi connectivity index (χ3n) is 5.05. The number of fused-ring (bicyclic) bond motifs is 1. The first-order valence-corrected chi connectivity index (χ1v) is 10.7. The van der Waals surface area contributed by atoms with Crippen LogP contribution in [0.2, 0.25) is 0 Å². The van der Waals surface area contributed by atoms with Crippen LogP contribution in [0.25, 0.3) is 21.6 Å². The van der Waals surface area contributed by atoms with Gasteiger partial charge in [0.1, 0.15) is 21.3 Å². The number of aromatic nitrogens is 4. The quantitative estimate of drug-likeness (QED) is 0.462. The SMILES string of the molecule is CCn1nnc2cc(CN(C(=O)O)c3sc(-c4ccc(C)cc4OC)nc3C)ccc21. The number of aryl methyl sites for hydroxylation is 3. The first-order chi connectivity index (χ1) is 14.9. The van der Waals surface area contributed by atoms with Crippen molar-refractivity contribution in [1.29, 1.82) is 0 Å². The van der Waals surface area contributed by atoms with Gasteiger partial charge in [0.25, 0.3) is 0 Å². The second kappa shape index (κ2) is 8.35. The maximum Gasteiger partial charge on any atom is 0.412 e. The summed E-state index contributed by atoms with van der Waals surface area (Å²) in [6.45, 7) is 6.73. The van der Waals surface area contributed by atoms with E-state index in [4.69, 9.17) is 4.74 Å². The predicted octanol–water partition coefficient (Wildman–Crippen LogP) is 4.88. The van der Waals surface area contributed by atoms with Gasteiger partial charge in [-0.25, -0.2) is 14.5 Å². The van der Waals surface area contributed by atoms with Gasteiger partial charge in [-0.05, 0) is 56.2 Å². The zero-order valence-electron chi connectivity index (χ0n) is 17.8. The predicted molar refractivity (Wildman–Crippen MR) is 121 cm³/mol. The van der Waals surface area contributed by atoms with E-state index in [1.165, 1.54) is 16.2 Å². The van der Waals surface area contributed by atoms with Crippen molar-refractivity contribution in [2.45, 2.75) is 33.9 Å². The summed E-state index contributed by atoms with van der Waals surface area (Å²) >= 11 is 1.34. The molecule has 0 fully saturated rings. The lowest BCUT2D eigenvalue weighted by Crippen LogP contribution is -2.28. The number of carboxylic acid groups (broad SMARTS) is 1. The monoisotopic (exact) mass is 437 g/mol. The van der Waals surface area contributed by atoms with Gasteiger partial charge in [0.05, 0.1) is 30.4 Å². The number of carbonyl (C=O) groups is 1. The molecule has 0 saturated heterocycles. The van der Waals surface area contributed by atoms with Crippen molar-refractivity contribution in [2.75, 3.05) is 12.0 Å². The number of nitrogens with zero attached hydrogens (tertiary/aromatic N) is 5. The molecule has 0 aliphatic heterocycles. The number of rotatable bonds is 6. The van der Waals surface area contributed by atoms with E-state index in [9.17, 15) is 9.90 Å². The normalized spacial score (nSPS) is 11.1. The van der Waals surface area contributed by atoms with Crippen LogP contribution < -0.4 is 9.64 Å². The number of hydrogen-bond acceptors (Lipinski definition) is 6. The van der Waals surface area contributed by atoms with Crippen LogP contribution in [0.4, 0.5) is 9.80 Å². The van der Waals surface area contributed by atoms with Crippen molar-refractivity contribution in [3.05, 3.63) is 53.2 Å². The smallest absolute Gasteiger partial charge is 0.412 e. The summed E-state index contributed by atoms with van der Waals surface area (Å²) in [5, 5.41) is 19.5. The fraction of sp³-hybridized carbons (Fsp3) is 0.273. The molecule has 160 valence electrons. The summed E-state index contributed by atoms with van der Waals surface area (Å²) in [6, 6.07) is 11.6. The van der Waals surface area contributed by atoms with E-state index in [1.807, 2.05) is 61.9 Å². The summed E-state index contributed by atoms with van der Waals surface area (Å²) < 4.78 is 7.32. The third-order valence-corrected chi connectivity index (χ3v) is 6.27. The summed E-state index contributed by atoms with van der Waals surface area (Å²) in [5.41, 5.74) is 5.09. The molecule has 1 amide bonds. The van der Waals surface area contributed by atoms with Crippen molar-refractivity contribution < 1.29 is 14.6 Å². The van der Waals surface area contributed by atoms with E-state index >= 15 is 0 Å². The lowest BCUT2D eigenvalue weighted by Gasteiger charge is -2.18. The zero-order valence-corrected chi connectivity index (χ0v) is 18.6. The molecule has 2 aromatic heterocycles. The Kier molecular flexibility index (Phi) is 5.60.